The first-order valence-electron chi connectivity index (χ1n) is 5.90. The Bertz CT molecular complexity index is 555. The van der Waals surface area contributed by atoms with Gasteiger partial charge in [-0.1, -0.05) is 6.07 Å². The number of carbonyl (C=O) groups excluding carboxylic acids is 1. The van der Waals surface area contributed by atoms with Crippen molar-refractivity contribution in [2.24, 2.45) is 5.73 Å². The van der Waals surface area contributed by atoms with Crippen LogP contribution >= 0.6 is 0 Å². The fourth-order valence-corrected chi connectivity index (χ4v) is 2.69. The highest BCUT2D eigenvalue weighted by Gasteiger charge is 2.14. The van der Waals surface area contributed by atoms with E-state index in [2.05, 4.69) is 10.0 Å². The molecular weight excluding hydrogens is 266 g/mol. The van der Waals surface area contributed by atoms with Crippen LogP contribution in [0.25, 0.3) is 0 Å². The van der Waals surface area contributed by atoms with Gasteiger partial charge in [-0.05, 0) is 30.2 Å². The van der Waals surface area contributed by atoms with Crippen LogP contribution in [0.5, 0.6) is 0 Å². The summed E-state index contributed by atoms with van der Waals surface area (Å²) in [6.07, 6.45) is 0.107. The quantitative estimate of drug-likeness (QED) is 0.677. The van der Waals surface area contributed by atoms with Crippen LogP contribution < -0.4 is 15.8 Å². The van der Waals surface area contributed by atoms with Gasteiger partial charge in [-0.25, -0.2) is 13.1 Å². The average Bonchev–Trinajstić information content (AvgIpc) is 2.38. The molecule has 0 aliphatic rings. The van der Waals surface area contributed by atoms with Gasteiger partial charge in [-0.15, -0.1) is 0 Å². The second kappa shape index (κ2) is 6.65. The lowest BCUT2D eigenvalue weighted by atomic mass is 10.1. The van der Waals surface area contributed by atoms with Crippen LogP contribution in [0.2, 0.25) is 0 Å². The Hall–Kier alpha value is -1.44. The molecule has 106 valence electrons. The molecule has 1 aromatic rings. The van der Waals surface area contributed by atoms with Crippen molar-refractivity contribution < 1.29 is 13.2 Å². The Labute approximate surface area is 113 Å². The molecule has 1 rings (SSSR count). The molecule has 0 spiro atoms. The van der Waals surface area contributed by atoms with Gasteiger partial charge in [-0.2, -0.15) is 0 Å². The highest BCUT2D eigenvalue weighted by molar-refractivity contribution is 7.89. The van der Waals surface area contributed by atoms with E-state index in [4.69, 9.17) is 5.73 Å². The molecule has 6 nitrogen and oxygen atoms in total. The number of aryl methyl sites for hydroxylation is 1. The summed E-state index contributed by atoms with van der Waals surface area (Å²) in [6.45, 7) is 2.25. The minimum atomic E-state index is -3.58. The van der Waals surface area contributed by atoms with Crippen molar-refractivity contribution in [2.75, 3.05) is 13.6 Å². The molecule has 1 aromatic carbocycles. The number of sulfonamides is 1. The third-order valence-corrected chi connectivity index (χ3v) is 4.23. The maximum atomic E-state index is 12.0. The van der Waals surface area contributed by atoms with Gasteiger partial charge in [0, 0.05) is 26.6 Å². The van der Waals surface area contributed by atoms with Crippen LogP contribution in [0.4, 0.5) is 0 Å². The Morgan fingerprint density at radius 3 is 2.58 bits per heavy atom. The topological polar surface area (TPSA) is 101 Å². The molecule has 7 heteroatoms. The van der Waals surface area contributed by atoms with E-state index in [1.807, 2.05) is 6.92 Å². The largest absolute Gasteiger partial charge is 0.359 e. The number of carbonyl (C=O) groups is 1. The number of nitrogens with two attached hydrogens (primary N) is 1. The van der Waals surface area contributed by atoms with Gasteiger partial charge < -0.3 is 11.1 Å². The monoisotopic (exact) mass is 285 g/mol. The molecule has 0 aliphatic carbocycles. The van der Waals surface area contributed by atoms with Crippen LogP contribution in [-0.4, -0.2) is 27.9 Å². The summed E-state index contributed by atoms with van der Waals surface area (Å²) in [5.41, 5.74) is 7.27. The van der Waals surface area contributed by atoms with Gasteiger partial charge in [0.05, 0.1) is 4.90 Å². The van der Waals surface area contributed by atoms with Crippen molar-refractivity contribution in [1.82, 2.24) is 10.0 Å². The standard InChI is InChI=1S/C12H19N3O3S/c1-9-7-11(4-3-10(9)8-13)19(17,18)15-6-5-12(16)14-2/h3-4,7,15H,5-6,8,13H2,1-2H3,(H,14,16). The summed E-state index contributed by atoms with van der Waals surface area (Å²) in [5.74, 6) is -0.211. The van der Waals surface area contributed by atoms with Gasteiger partial charge >= 0.3 is 0 Å². The van der Waals surface area contributed by atoms with Gasteiger partial charge in [-0.3, -0.25) is 4.79 Å². The van der Waals surface area contributed by atoms with Crippen molar-refractivity contribution in [2.45, 2.75) is 24.8 Å². The second-order valence-electron chi connectivity index (χ2n) is 4.11. The lowest BCUT2D eigenvalue weighted by Gasteiger charge is -2.09. The number of hydrogen-bond donors (Lipinski definition) is 3. The lowest BCUT2D eigenvalue weighted by Crippen LogP contribution is -2.29. The van der Waals surface area contributed by atoms with Crippen LogP contribution in [0.3, 0.4) is 0 Å². The van der Waals surface area contributed by atoms with Gasteiger partial charge in [0.1, 0.15) is 0 Å². The third kappa shape index (κ3) is 4.30. The first-order chi connectivity index (χ1) is 8.90. The molecule has 0 aliphatic heterocycles. The summed E-state index contributed by atoms with van der Waals surface area (Å²) < 4.78 is 26.3. The molecule has 0 aromatic heterocycles. The van der Waals surface area contributed by atoms with Gasteiger partial charge in [0.15, 0.2) is 0 Å². The molecule has 0 saturated heterocycles. The molecule has 0 heterocycles. The predicted molar refractivity (Wildman–Crippen MR) is 72.9 cm³/mol. The first kappa shape index (κ1) is 15.6. The number of nitrogens with one attached hydrogen (secondary N) is 2. The van der Waals surface area contributed by atoms with Crippen molar-refractivity contribution in [3.8, 4) is 0 Å². The number of amides is 1. The summed E-state index contributed by atoms with van der Waals surface area (Å²) in [6, 6.07) is 4.78. The van der Waals surface area contributed by atoms with Crippen molar-refractivity contribution in [1.29, 1.82) is 0 Å². The van der Waals surface area contributed by atoms with Gasteiger partial charge in [0.2, 0.25) is 15.9 Å². The third-order valence-electron chi connectivity index (χ3n) is 2.77. The van der Waals surface area contributed by atoms with E-state index in [0.29, 0.717) is 6.54 Å². The minimum absolute atomic E-state index is 0.0691. The van der Waals surface area contributed by atoms with E-state index >= 15 is 0 Å². The Morgan fingerprint density at radius 2 is 2.05 bits per heavy atom. The molecule has 0 fully saturated rings. The lowest BCUT2D eigenvalue weighted by molar-refractivity contribution is -0.120. The smallest absolute Gasteiger partial charge is 0.240 e. The Kier molecular flexibility index (Phi) is 5.46. The van der Waals surface area contributed by atoms with E-state index in [1.165, 1.54) is 13.1 Å². The summed E-state index contributed by atoms with van der Waals surface area (Å²) in [5, 5.41) is 2.43. The normalized spacial score (nSPS) is 11.3. The van der Waals surface area contributed by atoms with E-state index in [-0.39, 0.29) is 23.8 Å². The van der Waals surface area contributed by atoms with Crippen LogP contribution in [0, 0.1) is 6.92 Å². The number of hydrogen-bond acceptors (Lipinski definition) is 4. The maximum absolute atomic E-state index is 12.0. The fraction of sp³-hybridized carbons (Fsp3) is 0.417. The maximum Gasteiger partial charge on any atom is 0.240 e. The van der Waals surface area contributed by atoms with E-state index in [9.17, 15) is 13.2 Å². The van der Waals surface area contributed by atoms with Crippen LogP contribution in [0.15, 0.2) is 23.1 Å². The summed E-state index contributed by atoms with van der Waals surface area (Å²) >= 11 is 0. The van der Waals surface area contributed by atoms with Crippen molar-refractivity contribution in [3.05, 3.63) is 29.3 Å². The Balaban J connectivity index is 2.77. The molecule has 1 amide bonds. The molecule has 0 radical (unpaired) electrons. The average molecular weight is 285 g/mol. The van der Waals surface area contributed by atoms with E-state index < -0.39 is 10.0 Å². The zero-order chi connectivity index (χ0) is 14.5. The highest BCUT2D eigenvalue weighted by Crippen LogP contribution is 2.14. The van der Waals surface area contributed by atoms with E-state index in [0.717, 1.165) is 11.1 Å². The Morgan fingerprint density at radius 1 is 1.37 bits per heavy atom. The molecule has 0 unspecified atom stereocenters. The van der Waals surface area contributed by atoms with E-state index in [1.54, 1.807) is 12.1 Å². The summed E-state index contributed by atoms with van der Waals surface area (Å²) in [4.78, 5) is 11.2. The number of benzene rings is 1. The first-order valence-corrected chi connectivity index (χ1v) is 7.39. The van der Waals surface area contributed by atoms with Crippen molar-refractivity contribution in [3.63, 3.8) is 0 Å². The molecule has 19 heavy (non-hydrogen) atoms. The van der Waals surface area contributed by atoms with Crippen LogP contribution in [0.1, 0.15) is 17.5 Å². The van der Waals surface area contributed by atoms with Gasteiger partial charge in [0.25, 0.3) is 0 Å². The number of rotatable bonds is 6. The fourth-order valence-electron chi connectivity index (χ4n) is 1.57. The molecule has 0 saturated carbocycles. The molecular formula is C12H19N3O3S. The highest BCUT2D eigenvalue weighted by atomic mass is 32.2. The minimum Gasteiger partial charge on any atom is -0.359 e. The zero-order valence-corrected chi connectivity index (χ0v) is 11.9. The molecule has 0 bridgehead atoms. The molecule has 0 atom stereocenters. The SMILES string of the molecule is CNC(=O)CCNS(=O)(=O)c1ccc(CN)c(C)c1. The zero-order valence-electron chi connectivity index (χ0n) is 11.1. The second-order valence-corrected chi connectivity index (χ2v) is 5.88. The summed E-state index contributed by atoms with van der Waals surface area (Å²) in [7, 11) is -2.08. The molecule has 4 N–H and O–H groups in total. The van der Waals surface area contributed by atoms with Crippen molar-refractivity contribution >= 4 is 15.9 Å². The van der Waals surface area contributed by atoms with Crippen LogP contribution in [-0.2, 0) is 21.4 Å². The predicted octanol–water partition coefficient (Wildman–Crippen LogP) is -0.132.